The van der Waals surface area contributed by atoms with Gasteiger partial charge in [-0.15, -0.1) is 0 Å². The minimum atomic E-state index is -5.74. The van der Waals surface area contributed by atoms with Gasteiger partial charge in [0.2, 0.25) is 0 Å². The molecule has 0 fully saturated rings. The lowest BCUT2D eigenvalue weighted by Crippen LogP contribution is -2.41. The van der Waals surface area contributed by atoms with Gasteiger partial charge in [-0.05, 0) is 73.0 Å². The van der Waals surface area contributed by atoms with E-state index in [1.54, 1.807) is 24.3 Å². The first-order valence-electron chi connectivity index (χ1n) is 14.8. The van der Waals surface area contributed by atoms with E-state index in [0.29, 0.717) is 12.2 Å². The summed E-state index contributed by atoms with van der Waals surface area (Å²) in [6.07, 6.45) is 0.373. The molecule has 3 aromatic rings. The van der Waals surface area contributed by atoms with E-state index in [1.807, 2.05) is 24.3 Å². The van der Waals surface area contributed by atoms with E-state index < -0.39 is 43.4 Å². The molecule has 0 aromatic heterocycles. The van der Waals surface area contributed by atoms with Crippen molar-refractivity contribution < 1.29 is 50.5 Å². The Bertz CT molecular complexity index is 1340. The van der Waals surface area contributed by atoms with Crippen molar-refractivity contribution in [3.05, 3.63) is 83.9 Å². The Labute approximate surface area is 259 Å². The van der Waals surface area contributed by atoms with Crippen LogP contribution in [-0.2, 0) is 9.47 Å². The Morgan fingerprint density at radius 1 is 0.689 bits per heavy atom. The highest BCUT2D eigenvalue weighted by Crippen LogP contribution is 2.35. The summed E-state index contributed by atoms with van der Waals surface area (Å²) in [6, 6.07) is 20.0. The second-order valence-electron chi connectivity index (χ2n) is 10.6. The maximum absolute atomic E-state index is 12.9. The summed E-state index contributed by atoms with van der Waals surface area (Å²) in [5.41, 5.74) is 2.23. The average molecular weight is 637 g/mol. The van der Waals surface area contributed by atoms with Crippen molar-refractivity contribution in [3.8, 4) is 22.6 Å². The monoisotopic (exact) mass is 636 g/mol. The minimum absolute atomic E-state index is 0.0467. The Hall–Kier alpha value is -3.99. The fourth-order valence-corrected chi connectivity index (χ4v) is 4.16. The number of ether oxygens (including phenoxy) is 4. The van der Waals surface area contributed by atoms with Crippen LogP contribution in [0.1, 0.15) is 73.1 Å². The summed E-state index contributed by atoms with van der Waals surface area (Å²) in [4.78, 5) is 24.9. The number of esters is 2. The average Bonchev–Trinajstić information content (AvgIpc) is 3.00. The number of hydrogen-bond donors (Lipinski definition) is 0. The molecule has 0 N–H and O–H groups in total. The first-order valence-corrected chi connectivity index (χ1v) is 14.8. The Balaban J connectivity index is 1.44. The number of benzene rings is 3. The molecule has 11 heteroatoms. The molecule has 3 rings (SSSR count). The third kappa shape index (κ3) is 11.5. The maximum Gasteiger partial charge on any atom is 0.455 e. The molecule has 0 heterocycles. The van der Waals surface area contributed by atoms with Gasteiger partial charge in [0, 0.05) is 0 Å². The van der Waals surface area contributed by atoms with Gasteiger partial charge in [0.1, 0.15) is 24.2 Å². The van der Waals surface area contributed by atoms with E-state index >= 15 is 0 Å². The molecule has 0 unspecified atom stereocenters. The first-order chi connectivity index (χ1) is 21.4. The van der Waals surface area contributed by atoms with E-state index in [1.165, 1.54) is 63.3 Å². The zero-order valence-corrected chi connectivity index (χ0v) is 25.2. The van der Waals surface area contributed by atoms with Crippen molar-refractivity contribution in [1.82, 2.24) is 0 Å². The van der Waals surface area contributed by atoms with Gasteiger partial charge in [-0.1, -0.05) is 63.3 Å². The summed E-state index contributed by atoms with van der Waals surface area (Å²) in [6.45, 7) is 1.62. The standard InChI is InChI=1S/C34H37F5O6/c1-3-4-5-6-7-8-21-43-29-17-13-26(14-18-29)25-9-11-27(12-10-25)32(41)45-30-19-15-28(16-20-30)31(40)44-24(2)22-42-23-33(35,36)34(37,38)39/h9-20,24H,3-8,21-23H2,1-2H3/t24-/m1/s1. The third-order valence-electron chi connectivity index (χ3n) is 6.73. The van der Waals surface area contributed by atoms with E-state index in [2.05, 4.69) is 11.7 Å². The molecule has 0 aliphatic carbocycles. The highest BCUT2D eigenvalue weighted by Gasteiger charge is 2.57. The van der Waals surface area contributed by atoms with Crippen LogP contribution < -0.4 is 9.47 Å². The lowest BCUT2D eigenvalue weighted by atomic mass is 10.0. The quantitative estimate of drug-likeness (QED) is 0.0637. The van der Waals surface area contributed by atoms with Crippen LogP contribution in [0.25, 0.3) is 11.1 Å². The van der Waals surface area contributed by atoms with Crippen LogP contribution in [0.3, 0.4) is 0 Å². The fraction of sp³-hybridized carbons (Fsp3) is 0.412. The van der Waals surface area contributed by atoms with Crippen LogP contribution >= 0.6 is 0 Å². The summed E-state index contributed by atoms with van der Waals surface area (Å²) in [7, 11) is 0. The zero-order chi connectivity index (χ0) is 32.9. The molecule has 6 nitrogen and oxygen atoms in total. The lowest BCUT2D eigenvalue weighted by molar-refractivity contribution is -0.297. The summed E-state index contributed by atoms with van der Waals surface area (Å²) < 4.78 is 83.1. The molecule has 3 aromatic carbocycles. The number of hydrogen-bond acceptors (Lipinski definition) is 6. The van der Waals surface area contributed by atoms with Crippen LogP contribution in [-0.4, -0.2) is 50.0 Å². The fourth-order valence-electron chi connectivity index (χ4n) is 4.16. The Morgan fingerprint density at radius 2 is 1.20 bits per heavy atom. The molecule has 45 heavy (non-hydrogen) atoms. The highest BCUT2D eigenvalue weighted by atomic mass is 19.4. The number of halogens is 5. The van der Waals surface area contributed by atoms with Gasteiger partial charge in [0.25, 0.3) is 0 Å². The molecule has 0 aliphatic rings. The number of carbonyl (C=O) groups excluding carboxylic acids is 2. The SMILES string of the molecule is CCCCCCCCOc1ccc(-c2ccc(C(=O)Oc3ccc(C(=O)O[C@H](C)COCC(F)(F)C(F)(F)F)cc3)cc2)cc1. The number of unbranched alkanes of at least 4 members (excludes halogenated alkanes) is 5. The van der Waals surface area contributed by atoms with Gasteiger partial charge in [-0.25, -0.2) is 9.59 Å². The van der Waals surface area contributed by atoms with Crippen molar-refractivity contribution in [2.45, 2.75) is 70.6 Å². The second-order valence-corrected chi connectivity index (χ2v) is 10.6. The van der Waals surface area contributed by atoms with Gasteiger partial charge in [0.15, 0.2) is 0 Å². The van der Waals surface area contributed by atoms with Crippen LogP contribution in [0, 0.1) is 0 Å². The molecule has 0 spiro atoms. The Kier molecular flexibility index (Phi) is 13.3. The molecule has 0 radical (unpaired) electrons. The van der Waals surface area contributed by atoms with Gasteiger partial charge in [0.05, 0.1) is 24.3 Å². The normalized spacial score (nSPS) is 12.4. The van der Waals surface area contributed by atoms with E-state index in [9.17, 15) is 31.5 Å². The molecule has 0 saturated heterocycles. The summed E-state index contributed by atoms with van der Waals surface area (Å²) in [5, 5.41) is 0. The predicted molar refractivity (Wildman–Crippen MR) is 159 cm³/mol. The Morgan fingerprint density at radius 3 is 1.80 bits per heavy atom. The van der Waals surface area contributed by atoms with Gasteiger partial charge >= 0.3 is 24.0 Å². The second kappa shape index (κ2) is 16.9. The van der Waals surface area contributed by atoms with Gasteiger partial charge in [-0.2, -0.15) is 22.0 Å². The van der Waals surface area contributed by atoms with Crippen molar-refractivity contribution in [2.75, 3.05) is 19.8 Å². The highest BCUT2D eigenvalue weighted by molar-refractivity contribution is 5.92. The van der Waals surface area contributed by atoms with Crippen molar-refractivity contribution in [3.63, 3.8) is 0 Å². The van der Waals surface area contributed by atoms with Crippen LogP contribution in [0.5, 0.6) is 11.5 Å². The van der Waals surface area contributed by atoms with Crippen molar-refractivity contribution >= 4 is 11.9 Å². The van der Waals surface area contributed by atoms with Crippen LogP contribution in [0.15, 0.2) is 72.8 Å². The van der Waals surface area contributed by atoms with Crippen molar-refractivity contribution in [2.24, 2.45) is 0 Å². The first kappa shape index (κ1) is 35.5. The zero-order valence-electron chi connectivity index (χ0n) is 25.2. The lowest BCUT2D eigenvalue weighted by Gasteiger charge is -2.20. The molecular formula is C34H37F5O6. The van der Waals surface area contributed by atoms with Crippen LogP contribution in [0.4, 0.5) is 22.0 Å². The van der Waals surface area contributed by atoms with E-state index in [4.69, 9.17) is 14.2 Å². The number of alkyl halides is 5. The van der Waals surface area contributed by atoms with E-state index in [0.717, 1.165) is 23.3 Å². The molecular weight excluding hydrogens is 599 g/mol. The van der Waals surface area contributed by atoms with Crippen molar-refractivity contribution in [1.29, 1.82) is 0 Å². The van der Waals surface area contributed by atoms with Gasteiger partial charge < -0.3 is 18.9 Å². The topological polar surface area (TPSA) is 71.1 Å². The molecule has 0 aliphatic heterocycles. The molecule has 0 bridgehead atoms. The third-order valence-corrected chi connectivity index (χ3v) is 6.73. The molecule has 0 amide bonds. The molecule has 1 atom stereocenters. The maximum atomic E-state index is 12.9. The molecule has 244 valence electrons. The summed E-state index contributed by atoms with van der Waals surface area (Å²) in [5.74, 6) is -5.53. The largest absolute Gasteiger partial charge is 0.494 e. The van der Waals surface area contributed by atoms with E-state index in [-0.39, 0.29) is 11.3 Å². The van der Waals surface area contributed by atoms with Gasteiger partial charge in [-0.3, -0.25) is 0 Å². The smallest absolute Gasteiger partial charge is 0.455 e. The summed E-state index contributed by atoms with van der Waals surface area (Å²) >= 11 is 0. The molecule has 0 saturated carbocycles. The number of rotatable bonds is 17. The predicted octanol–water partition coefficient (Wildman–Crippen LogP) is 9.07. The minimum Gasteiger partial charge on any atom is -0.494 e. The number of carbonyl (C=O) groups is 2. The van der Waals surface area contributed by atoms with Crippen LogP contribution in [0.2, 0.25) is 0 Å².